The molecule has 7 heteroatoms. The van der Waals surface area contributed by atoms with E-state index in [9.17, 15) is 14.0 Å². The van der Waals surface area contributed by atoms with Crippen molar-refractivity contribution in [3.63, 3.8) is 0 Å². The Morgan fingerprint density at radius 2 is 2.04 bits per heavy atom. The molecule has 1 aliphatic rings. The summed E-state index contributed by atoms with van der Waals surface area (Å²) in [5.74, 6) is -1.30. The Morgan fingerprint density at radius 3 is 2.78 bits per heavy atom. The second-order valence-electron chi connectivity index (χ2n) is 5.26. The second-order valence-corrected chi connectivity index (χ2v) is 5.26. The minimum Gasteiger partial charge on any atom is -0.464 e. The number of para-hydroxylation sites is 1. The minimum atomic E-state index is -1.81. The number of carbonyl (C=O) groups excluding carboxylic acids is 2. The Hall–Kier alpha value is -2.96. The number of carbonyl (C=O) groups is 2. The van der Waals surface area contributed by atoms with Crippen molar-refractivity contribution in [1.29, 1.82) is 0 Å². The first-order chi connectivity index (χ1) is 10.9. The van der Waals surface area contributed by atoms with E-state index in [4.69, 9.17) is 4.74 Å². The van der Waals surface area contributed by atoms with Crippen molar-refractivity contribution in [2.45, 2.75) is 12.5 Å². The zero-order valence-electron chi connectivity index (χ0n) is 12.5. The zero-order valence-corrected chi connectivity index (χ0v) is 12.5. The highest BCUT2D eigenvalue weighted by Crippen LogP contribution is 2.35. The van der Waals surface area contributed by atoms with Crippen LogP contribution in [0.15, 0.2) is 42.6 Å². The van der Waals surface area contributed by atoms with Gasteiger partial charge in [0.2, 0.25) is 0 Å². The molecule has 2 aromatic rings. The molecule has 1 aromatic heterocycles. The first-order valence-corrected chi connectivity index (χ1v) is 6.91. The highest BCUT2D eigenvalue weighted by atomic mass is 19.1. The van der Waals surface area contributed by atoms with Crippen molar-refractivity contribution in [3.8, 4) is 5.75 Å². The van der Waals surface area contributed by atoms with E-state index in [0.717, 1.165) is 0 Å². The fraction of sp³-hybridized carbons (Fsp3) is 0.188. The van der Waals surface area contributed by atoms with Crippen LogP contribution in [0.25, 0.3) is 0 Å². The summed E-state index contributed by atoms with van der Waals surface area (Å²) in [4.78, 5) is 30.4. The molecular weight excluding hydrogens is 301 g/mol. The summed E-state index contributed by atoms with van der Waals surface area (Å²) in [5, 5.41) is 2.40. The highest BCUT2D eigenvalue weighted by Gasteiger charge is 2.50. The lowest BCUT2D eigenvalue weighted by Crippen LogP contribution is -2.60. The molecule has 0 saturated carbocycles. The van der Waals surface area contributed by atoms with Gasteiger partial charge in [-0.3, -0.25) is 14.5 Å². The van der Waals surface area contributed by atoms with E-state index in [1.165, 1.54) is 43.3 Å². The van der Waals surface area contributed by atoms with Gasteiger partial charge in [0.25, 0.3) is 17.4 Å². The first-order valence-electron chi connectivity index (χ1n) is 6.91. The SMILES string of the molecule is CN1C(=O)[C@](C)(C(=O)Nc2ccccc2F)Oc2cccnc21. The standard InChI is InChI=1S/C16H14FN3O3/c1-16(14(21)19-11-7-4-3-6-10(11)17)15(22)20(2)13-12(23-16)8-5-9-18-13/h3-9H,1-2H3,(H,19,21)/t16-/m0/s1. The van der Waals surface area contributed by atoms with Gasteiger partial charge in [0.1, 0.15) is 5.82 Å². The minimum absolute atomic E-state index is 0.0187. The van der Waals surface area contributed by atoms with Crippen molar-refractivity contribution in [3.05, 3.63) is 48.4 Å². The lowest BCUT2D eigenvalue weighted by Gasteiger charge is -2.36. The number of hydrogen-bond acceptors (Lipinski definition) is 4. The number of benzene rings is 1. The molecular formula is C16H14FN3O3. The van der Waals surface area contributed by atoms with Gasteiger partial charge in [-0.25, -0.2) is 9.37 Å². The molecule has 118 valence electrons. The lowest BCUT2D eigenvalue weighted by atomic mass is 10.0. The summed E-state index contributed by atoms with van der Waals surface area (Å²) in [6.07, 6.45) is 1.52. The molecule has 0 aliphatic carbocycles. The van der Waals surface area contributed by atoms with Crippen LogP contribution in [0.5, 0.6) is 5.75 Å². The monoisotopic (exact) mass is 315 g/mol. The van der Waals surface area contributed by atoms with E-state index in [2.05, 4.69) is 10.3 Å². The molecule has 1 atom stereocenters. The van der Waals surface area contributed by atoms with Gasteiger partial charge in [0.15, 0.2) is 11.6 Å². The maximum Gasteiger partial charge on any atom is 0.281 e. The van der Waals surface area contributed by atoms with Crippen LogP contribution < -0.4 is 15.0 Å². The molecule has 0 radical (unpaired) electrons. The summed E-state index contributed by atoms with van der Waals surface area (Å²) in [6, 6.07) is 8.95. The van der Waals surface area contributed by atoms with Crippen LogP contribution in [0.1, 0.15) is 6.92 Å². The number of aromatic nitrogens is 1. The van der Waals surface area contributed by atoms with Gasteiger partial charge in [0.05, 0.1) is 5.69 Å². The Kier molecular flexibility index (Phi) is 3.48. The number of rotatable bonds is 2. The van der Waals surface area contributed by atoms with Gasteiger partial charge in [0, 0.05) is 13.2 Å². The number of anilines is 2. The number of ether oxygens (including phenoxy) is 1. The van der Waals surface area contributed by atoms with Crippen LogP contribution in [-0.4, -0.2) is 29.4 Å². The second kappa shape index (κ2) is 5.35. The molecule has 3 rings (SSSR count). The van der Waals surface area contributed by atoms with Crippen LogP contribution in [0.4, 0.5) is 15.9 Å². The van der Waals surface area contributed by atoms with Crippen molar-refractivity contribution >= 4 is 23.3 Å². The molecule has 0 fully saturated rings. The Morgan fingerprint density at radius 1 is 1.30 bits per heavy atom. The number of halogens is 1. The van der Waals surface area contributed by atoms with Crippen LogP contribution in [0, 0.1) is 5.82 Å². The molecule has 2 heterocycles. The lowest BCUT2D eigenvalue weighted by molar-refractivity contribution is -0.145. The van der Waals surface area contributed by atoms with Gasteiger partial charge in [-0.2, -0.15) is 0 Å². The van der Waals surface area contributed by atoms with E-state index >= 15 is 0 Å². The summed E-state index contributed by atoms with van der Waals surface area (Å²) < 4.78 is 19.3. The molecule has 0 saturated heterocycles. The molecule has 1 aromatic carbocycles. The summed E-state index contributed by atoms with van der Waals surface area (Å²) in [5.41, 5.74) is -1.83. The number of nitrogens with one attached hydrogen (secondary N) is 1. The largest absolute Gasteiger partial charge is 0.464 e. The van der Waals surface area contributed by atoms with Crippen molar-refractivity contribution in [2.24, 2.45) is 0 Å². The number of hydrogen-bond donors (Lipinski definition) is 1. The van der Waals surface area contributed by atoms with Crippen LogP contribution in [-0.2, 0) is 9.59 Å². The van der Waals surface area contributed by atoms with Gasteiger partial charge < -0.3 is 10.1 Å². The van der Waals surface area contributed by atoms with Crippen LogP contribution in [0.2, 0.25) is 0 Å². The predicted octanol–water partition coefficient (Wildman–Crippen LogP) is 1.97. The van der Waals surface area contributed by atoms with Gasteiger partial charge in [-0.1, -0.05) is 12.1 Å². The molecule has 2 amide bonds. The fourth-order valence-electron chi connectivity index (χ4n) is 2.34. The summed E-state index contributed by atoms with van der Waals surface area (Å²) in [6.45, 7) is 1.35. The van der Waals surface area contributed by atoms with E-state index in [1.807, 2.05) is 0 Å². The Bertz CT molecular complexity index is 796. The maximum absolute atomic E-state index is 13.7. The van der Waals surface area contributed by atoms with Crippen LogP contribution in [0.3, 0.4) is 0 Å². The van der Waals surface area contributed by atoms with Gasteiger partial charge >= 0.3 is 0 Å². The first kappa shape index (κ1) is 15.0. The molecule has 1 aliphatic heterocycles. The highest BCUT2D eigenvalue weighted by molar-refractivity contribution is 6.19. The van der Waals surface area contributed by atoms with Crippen LogP contribution >= 0.6 is 0 Å². The van der Waals surface area contributed by atoms with E-state index < -0.39 is 23.2 Å². The smallest absolute Gasteiger partial charge is 0.281 e. The molecule has 0 spiro atoms. The average Bonchev–Trinajstić information content (AvgIpc) is 2.55. The molecule has 6 nitrogen and oxygen atoms in total. The third kappa shape index (κ3) is 2.40. The molecule has 0 bridgehead atoms. The maximum atomic E-state index is 13.7. The predicted molar refractivity (Wildman–Crippen MR) is 81.7 cm³/mol. The van der Waals surface area contributed by atoms with E-state index in [0.29, 0.717) is 11.6 Å². The Balaban J connectivity index is 1.94. The topological polar surface area (TPSA) is 71.5 Å². The number of pyridine rings is 1. The summed E-state index contributed by atoms with van der Waals surface area (Å²) in [7, 11) is 1.51. The third-order valence-electron chi connectivity index (χ3n) is 3.65. The number of fused-ring (bicyclic) bond motifs is 1. The molecule has 1 N–H and O–H groups in total. The number of amides is 2. The number of nitrogens with zero attached hydrogens (tertiary/aromatic N) is 2. The number of likely N-dealkylation sites (N-methyl/N-ethyl adjacent to an activating group) is 1. The zero-order chi connectivity index (χ0) is 16.6. The van der Waals surface area contributed by atoms with Crippen molar-refractivity contribution in [2.75, 3.05) is 17.3 Å². The fourth-order valence-corrected chi connectivity index (χ4v) is 2.34. The molecule has 0 unspecified atom stereocenters. The Labute approximate surface area is 131 Å². The average molecular weight is 315 g/mol. The summed E-state index contributed by atoms with van der Waals surface area (Å²) >= 11 is 0. The van der Waals surface area contributed by atoms with Gasteiger partial charge in [-0.05, 0) is 31.2 Å². The van der Waals surface area contributed by atoms with Crippen molar-refractivity contribution in [1.82, 2.24) is 4.98 Å². The van der Waals surface area contributed by atoms with Gasteiger partial charge in [-0.15, -0.1) is 0 Å². The van der Waals surface area contributed by atoms with E-state index in [1.54, 1.807) is 18.2 Å². The normalized spacial score (nSPS) is 19.8. The molecule has 23 heavy (non-hydrogen) atoms. The van der Waals surface area contributed by atoms with Crippen molar-refractivity contribution < 1.29 is 18.7 Å². The van der Waals surface area contributed by atoms with E-state index in [-0.39, 0.29) is 5.69 Å². The quantitative estimate of drug-likeness (QED) is 0.860. The third-order valence-corrected chi connectivity index (χ3v) is 3.65.